The average molecular weight is 816 g/mol. The molecule has 286 valence electrons. The number of anilines is 3. The first-order chi connectivity index (χ1) is 26.4. The Hall–Kier alpha value is -4.20. The maximum Gasteiger partial charge on any atom is 0.265 e. The number of hydrogen-bond acceptors (Lipinski definition) is 9. The van der Waals surface area contributed by atoms with Crippen LogP contribution in [0.2, 0.25) is 0 Å². The van der Waals surface area contributed by atoms with Gasteiger partial charge in [0, 0.05) is 97.3 Å². The lowest BCUT2D eigenvalue weighted by atomic mass is 9.99. The summed E-state index contributed by atoms with van der Waals surface area (Å²) >= 11 is 4.83. The first-order valence-electron chi connectivity index (χ1n) is 18.7. The molecule has 0 saturated carbocycles. The Labute approximate surface area is 331 Å². The minimum absolute atomic E-state index is 0.240. The number of carbonyl (C=O) groups is 1. The summed E-state index contributed by atoms with van der Waals surface area (Å²) in [6, 6.07) is 28.8. The van der Waals surface area contributed by atoms with Crippen molar-refractivity contribution in [3.63, 3.8) is 0 Å². The molecule has 2 aliphatic heterocycles. The number of H-pyrrole nitrogens is 1. The molecule has 1 amide bonds. The number of amides is 1. The Morgan fingerprint density at radius 3 is 2.52 bits per heavy atom. The van der Waals surface area contributed by atoms with E-state index in [0.717, 1.165) is 110 Å². The van der Waals surface area contributed by atoms with Gasteiger partial charge in [-0.3, -0.25) is 14.4 Å². The van der Waals surface area contributed by atoms with Gasteiger partial charge in [0.25, 0.3) is 5.91 Å². The van der Waals surface area contributed by atoms with Gasteiger partial charge in [-0.1, -0.05) is 41.4 Å². The third-order valence-corrected chi connectivity index (χ3v) is 11.4. The van der Waals surface area contributed by atoms with Gasteiger partial charge in [-0.25, -0.2) is 0 Å². The van der Waals surface area contributed by atoms with Crippen molar-refractivity contribution in [2.24, 2.45) is 5.92 Å². The number of rotatable bonds is 13. The number of ether oxygens (including phenoxy) is 2. The van der Waals surface area contributed by atoms with Crippen molar-refractivity contribution in [1.29, 1.82) is 0 Å². The van der Waals surface area contributed by atoms with Crippen LogP contribution in [0.4, 0.5) is 17.1 Å². The normalized spacial score (nSPS) is 15.7. The maximum atomic E-state index is 13.8. The third kappa shape index (κ3) is 10.1. The predicted octanol–water partition coefficient (Wildman–Crippen LogP) is 8.85. The molecule has 2 saturated heterocycles. The molecule has 12 heteroatoms. The van der Waals surface area contributed by atoms with E-state index in [0.29, 0.717) is 34.7 Å². The van der Waals surface area contributed by atoms with Crippen molar-refractivity contribution in [3.05, 3.63) is 107 Å². The molecule has 4 aromatic carbocycles. The van der Waals surface area contributed by atoms with Crippen molar-refractivity contribution in [1.82, 2.24) is 14.6 Å². The van der Waals surface area contributed by atoms with Gasteiger partial charge in [0.1, 0.15) is 11.5 Å². The lowest BCUT2D eigenvalue weighted by Crippen LogP contribution is -2.47. The number of nitrogens with two attached hydrogens (primary N) is 1. The van der Waals surface area contributed by atoms with Gasteiger partial charge < -0.3 is 35.5 Å². The number of aromatic nitrogens is 1. The van der Waals surface area contributed by atoms with Gasteiger partial charge in [-0.05, 0) is 109 Å². The van der Waals surface area contributed by atoms with Gasteiger partial charge in [0.15, 0.2) is 0 Å². The predicted molar refractivity (Wildman–Crippen MR) is 225 cm³/mol. The molecule has 1 aromatic heterocycles. The van der Waals surface area contributed by atoms with E-state index in [4.69, 9.17) is 20.3 Å². The molecule has 0 aliphatic carbocycles. The van der Waals surface area contributed by atoms with Crippen LogP contribution in [0.15, 0.2) is 100 Å². The van der Waals surface area contributed by atoms with Crippen LogP contribution in [0.5, 0.6) is 11.5 Å². The molecule has 6 N–H and O–H groups in total. The maximum absolute atomic E-state index is 13.8. The van der Waals surface area contributed by atoms with Crippen molar-refractivity contribution in [2.75, 3.05) is 69.0 Å². The van der Waals surface area contributed by atoms with Crippen molar-refractivity contribution in [3.8, 4) is 11.5 Å². The molecule has 54 heavy (non-hydrogen) atoms. The molecule has 1 atom stereocenters. The van der Waals surface area contributed by atoms with Crippen LogP contribution in [0, 0.1) is 5.92 Å². The summed E-state index contributed by atoms with van der Waals surface area (Å²) in [4.78, 5) is 22.8. The van der Waals surface area contributed by atoms with Gasteiger partial charge in [-0.2, -0.15) is 0 Å². The van der Waals surface area contributed by atoms with Crippen LogP contribution in [-0.2, 0) is 4.74 Å². The highest BCUT2D eigenvalue weighted by atomic mass is 79.9. The first-order valence-corrected chi connectivity index (χ1v) is 20.3. The Bertz CT molecular complexity index is 1960. The largest absolute Gasteiger partial charge is 0.456 e. The van der Waals surface area contributed by atoms with E-state index in [1.165, 1.54) is 17.5 Å². The first kappa shape index (κ1) is 39.5. The Kier molecular flexibility index (Phi) is 14.2. The zero-order chi connectivity index (χ0) is 37.9. The number of benzene rings is 4. The summed E-state index contributed by atoms with van der Waals surface area (Å²) in [6.45, 7) is 8.43. The second-order valence-corrected chi connectivity index (χ2v) is 15.4. The number of hydrogen-bond donors (Lipinski definition) is 5. The highest BCUT2D eigenvalue weighted by molar-refractivity contribution is 9.10. The Balaban J connectivity index is 0.00000245. The molecular formula is C42H51BrN6O4S. The van der Waals surface area contributed by atoms with Gasteiger partial charge in [0.05, 0.1) is 16.9 Å². The SMILES string of the molecule is CCCC(c1ccc(Br)cc1)N1CCN(c2ccc(C(=O)NSc3ccc(NCC4CCOCC4)c(N)c3)c(Oc3ccc4[nH]ccc4c3)c2)CC1.CO. The second-order valence-electron chi connectivity index (χ2n) is 13.6. The number of aromatic amines is 1. The number of carbonyl (C=O) groups excluding carboxylic acids is 1. The molecule has 3 heterocycles. The third-order valence-electron chi connectivity index (χ3n) is 10.1. The van der Waals surface area contributed by atoms with E-state index in [1.54, 1.807) is 0 Å². The van der Waals surface area contributed by atoms with Crippen molar-refractivity contribution >= 4 is 61.8 Å². The fourth-order valence-corrected chi connectivity index (χ4v) is 8.05. The van der Waals surface area contributed by atoms with Crippen molar-refractivity contribution in [2.45, 2.75) is 43.5 Å². The molecule has 2 aliphatic rings. The van der Waals surface area contributed by atoms with E-state index in [9.17, 15) is 4.79 Å². The molecule has 7 rings (SSSR count). The highest BCUT2D eigenvalue weighted by Crippen LogP contribution is 2.35. The number of halogens is 1. The monoisotopic (exact) mass is 814 g/mol. The number of nitrogen functional groups attached to an aromatic ring is 1. The summed E-state index contributed by atoms with van der Waals surface area (Å²) < 4.78 is 16.1. The smallest absolute Gasteiger partial charge is 0.265 e. The number of nitrogens with zero attached hydrogens (tertiary/aromatic N) is 2. The highest BCUT2D eigenvalue weighted by Gasteiger charge is 2.26. The number of piperazine rings is 1. The van der Waals surface area contributed by atoms with Crippen LogP contribution < -0.4 is 25.4 Å². The molecular weight excluding hydrogens is 764 g/mol. The molecule has 1 unspecified atom stereocenters. The molecule has 0 bridgehead atoms. The molecule has 2 fully saturated rings. The quantitative estimate of drug-likeness (QED) is 0.0585. The van der Waals surface area contributed by atoms with E-state index < -0.39 is 0 Å². The zero-order valence-corrected chi connectivity index (χ0v) is 33.4. The average Bonchev–Trinajstić information content (AvgIpc) is 3.68. The summed E-state index contributed by atoms with van der Waals surface area (Å²) in [5, 5.41) is 11.5. The molecule has 10 nitrogen and oxygen atoms in total. The minimum atomic E-state index is -0.240. The number of nitrogens with one attached hydrogen (secondary N) is 3. The summed E-state index contributed by atoms with van der Waals surface area (Å²) in [5.41, 5.74) is 11.9. The van der Waals surface area contributed by atoms with Crippen LogP contribution in [0.25, 0.3) is 10.9 Å². The lowest BCUT2D eigenvalue weighted by molar-refractivity contribution is 0.0699. The van der Waals surface area contributed by atoms with Crippen molar-refractivity contribution < 1.29 is 19.4 Å². The fraction of sp³-hybridized carbons (Fsp3) is 0.357. The lowest BCUT2D eigenvalue weighted by Gasteiger charge is -2.40. The molecule has 0 radical (unpaired) electrons. The summed E-state index contributed by atoms with van der Waals surface area (Å²) in [5.74, 6) is 1.53. The van der Waals surface area contributed by atoms with E-state index in [1.807, 2.05) is 66.9 Å². The summed E-state index contributed by atoms with van der Waals surface area (Å²) in [7, 11) is 1.00. The number of fused-ring (bicyclic) bond motifs is 1. The fourth-order valence-electron chi connectivity index (χ4n) is 7.14. The molecule has 5 aromatic rings. The van der Waals surface area contributed by atoms with E-state index in [-0.39, 0.29) is 5.91 Å². The van der Waals surface area contributed by atoms with Gasteiger partial charge in [-0.15, -0.1) is 0 Å². The van der Waals surface area contributed by atoms with E-state index >= 15 is 0 Å². The second kappa shape index (κ2) is 19.4. The Morgan fingerprint density at radius 1 is 1.00 bits per heavy atom. The zero-order valence-electron chi connectivity index (χ0n) is 31.0. The number of aliphatic hydroxyl groups is 1. The minimum Gasteiger partial charge on any atom is -0.456 e. The topological polar surface area (TPSA) is 128 Å². The number of aliphatic hydroxyl groups excluding tert-OH is 1. The van der Waals surface area contributed by atoms with Gasteiger partial charge >= 0.3 is 0 Å². The van der Waals surface area contributed by atoms with Crippen LogP contribution in [0.3, 0.4) is 0 Å². The van der Waals surface area contributed by atoms with Crippen LogP contribution in [0.1, 0.15) is 54.6 Å². The molecule has 0 spiro atoms. The Morgan fingerprint density at radius 2 is 1.78 bits per heavy atom. The standard InChI is InChI=1S/C41H47BrN6O3S.CH4O/c1-2-3-39(29-4-6-31(42)7-5-29)48-20-18-47(19-21-48)32-8-11-35(40(25-32)51-33-9-12-37-30(24-33)14-17-44-37)41(49)46-52-34-10-13-38(36(43)26-34)45-27-28-15-22-50-23-16-28;1-2/h4-14,17,24-26,28,39,44-45H,2-3,15-16,18-23,27,43H2,1H3,(H,46,49);2H,1H3. The van der Waals surface area contributed by atoms with Gasteiger partial charge in [0.2, 0.25) is 0 Å². The van der Waals surface area contributed by atoms with Crippen LogP contribution in [-0.4, -0.2) is 73.9 Å². The van der Waals surface area contributed by atoms with Crippen LogP contribution >= 0.6 is 27.9 Å². The summed E-state index contributed by atoms with van der Waals surface area (Å²) in [6.07, 6.45) is 6.28. The van der Waals surface area contributed by atoms with E-state index in [2.05, 4.69) is 71.9 Å².